The maximum absolute atomic E-state index is 11.6. The van der Waals surface area contributed by atoms with Gasteiger partial charge in [-0.05, 0) is 19.4 Å². The summed E-state index contributed by atoms with van der Waals surface area (Å²) in [5.41, 5.74) is 2.23. The molecule has 2 rings (SSSR count). The lowest BCUT2D eigenvalue weighted by molar-refractivity contribution is -0.116. The predicted molar refractivity (Wildman–Crippen MR) is 78.4 cm³/mol. The monoisotopic (exact) mass is 275 g/mol. The third-order valence-electron chi connectivity index (χ3n) is 2.74. The Bertz CT molecular complexity index is 580. The number of aryl methyl sites for hydroxylation is 1. The van der Waals surface area contributed by atoms with Gasteiger partial charge in [-0.15, -0.1) is 10.2 Å². The molecule has 0 aliphatic rings. The van der Waals surface area contributed by atoms with Crippen LogP contribution in [0.15, 0.2) is 24.3 Å². The first-order valence-electron chi connectivity index (χ1n) is 6.30. The minimum absolute atomic E-state index is 0.00814. The second-order valence-electron chi connectivity index (χ2n) is 4.43. The van der Waals surface area contributed by atoms with Crippen LogP contribution in [-0.4, -0.2) is 22.6 Å². The molecule has 0 spiro atoms. The lowest BCUT2D eigenvalue weighted by Crippen LogP contribution is -2.28. The lowest BCUT2D eigenvalue weighted by atomic mass is 10.1. The van der Waals surface area contributed by atoms with Crippen LogP contribution in [0.3, 0.4) is 0 Å². The van der Waals surface area contributed by atoms with E-state index < -0.39 is 0 Å². The van der Waals surface area contributed by atoms with Crippen molar-refractivity contribution in [2.75, 3.05) is 11.4 Å². The Hall–Kier alpha value is -1.75. The van der Waals surface area contributed by atoms with Gasteiger partial charge < -0.3 is 0 Å². The van der Waals surface area contributed by atoms with E-state index in [0.717, 1.165) is 17.0 Å². The third kappa shape index (κ3) is 3.17. The zero-order valence-corrected chi connectivity index (χ0v) is 12.2. The Morgan fingerprint density at radius 1 is 1.37 bits per heavy atom. The number of hydrogen-bond donors (Lipinski definition) is 0. The molecule has 19 heavy (non-hydrogen) atoms. The second-order valence-corrected chi connectivity index (χ2v) is 5.39. The predicted octanol–water partition coefficient (Wildman–Crippen LogP) is 3.28. The number of nitrogens with zero attached hydrogens (tertiary/aromatic N) is 3. The van der Waals surface area contributed by atoms with E-state index in [-0.39, 0.29) is 5.91 Å². The highest BCUT2D eigenvalue weighted by molar-refractivity contribution is 7.18. The van der Waals surface area contributed by atoms with Gasteiger partial charge in [0.05, 0.1) is 0 Å². The third-order valence-corrected chi connectivity index (χ3v) is 3.73. The minimum Gasteiger partial charge on any atom is -0.287 e. The second kappa shape index (κ2) is 5.93. The number of amides is 1. The molecule has 0 fully saturated rings. The quantitative estimate of drug-likeness (QED) is 0.860. The maximum atomic E-state index is 11.6. The zero-order valence-electron chi connectivity index (χ0n) is 11.4. The van der Waals surface area contributed by atoms with Crippen molar-refractivity contribution in [1.82, 2.24) is 10.2 Å². The van der Waals surface area contributed by atoms with Crippen molar-refractivity contribution in [1.29, 1.82) is 0 Å². The largest absolute Gasteiger partial charge is 0.287 e. The van der Waals surface area contributed by atoms with Crippen molar-refractivity contribution < 1.29 is 4.79 Å². The summed E-state index contributed by atoms with van der Waals surface area (Å²) in [6, 6.07) is 8.13. The molecular weight excluding hydrogens is 258 g/mol. The zero-order chi connectivity index (χ0) is 13.8. The standard InChI is InChI=1S/C14H17N3OS/c1-4-8-17(11(3)18)14-16-15-13(19-14)12-7-5-6-10(2)9-12/h5-7,9H,4,8H2,1-3H3. The molecule has 0 radical (unpaired) electrons. The van der Waals surface area contributed by atoms with Gasteiger partial charge >= 0.3 is 0 Å². The highest BCUT2D eigenvalue weighted by atomic mass is 32.1. The molecule has 0 unspecified atom stereocenters. The molecule has 100 valence electrons. The van der Waals surface area contributed by atoms with Crippen LogP contribution in [0.5, 0.6) is 0 Å². The molecule has 0 saturated carbocycles. The Balaban J connectivity index is 2.30. The van der Waals surface area contributed by atoms with Gasteiger partial charge in [-0.2, -0.15) is 0 Å². The summed E-state index contributed by atoms with van der Waals surface area (Å²) in [4.78, 5) is 13.3. The Morgan fingerprint density at radius 2 is 2.16 bits per heavy atom. The van der Waals surface area contributed by atoms with E-state index in [2.05, 4.69) is 16.3 Å². The minimum atomic E-state index is 0.00814. The van der Waals surface area contributed by atoms with Crippen LogP contribution in [0.4, 0.5) is 5.13 Å². The summed E-state index contributed by atoms with van der Waals surface area (Å²) in [5, 5.41) is 9.84. The average Bonchev–Trinajstić information content (AvgIpc) is 2.84. The summed E-state index contributed by atoms with van der Waals surface area (Å²) >= 11 is 1.45. The van der Waals surface area contributed by atoms with Crippen LogP contribution in [0, 0.1) is 6.92 Å². The SMILES string of the molecule is CCCN(C(C)=O)c1nnc(-c2cccc(C)c2)s1. The first-order valence-corrected chi connectivity index (χ1v) is 7.12. The topological polar surface area (TPSA) is 46.1 Å². The van der Waals surface area contributed by atoms with Crippen molar-refractivity contribution in [2.45, 2.75) is 27.2 Å². The van der Waals surface area contributed by atoms with Crippen LogP contribution in [0.2, 0.25) is 0 Å². The fourth-order valence-corrected chi connectivity index (χ4v) is 2.74. The van der Waals surface area contributed by atoms with E-state index in [4.69, 9.17) is 0 Å². The molecule has 0 aliphatic heterocycles. The molecule has 0 aliphatic carbocycles. The van der Waals surface area contributed by atoms with Crippen LogP contribution in [0.25, 0.3) is 10.6 Å². The van der Waals surface area contributed by atoms with Gasteiger partial charge in [-0.25, -0.2) is 0 Å². The molecular formula is C14H17N3OS. The Kier molecular flexibility index (Phi) is 4.27. The molecule has 1 aromatic heterocycles. The number of hydrogen-bond acceptors (Lipinski definition) is 4. The van der Waals surface area contributed by atoms with Gasteiger partial charge in [-0.3, -0.25) is 9.69 Å². The molecule has 1 aromatic carbocycles. The average molecular weight is 275 g/mol. The first-order chi connectivity index (χ1) is 9.11. The highest BCUT2D eigenvalue weighted by Crippen LogP contribution is 2.29. The van der Waals surface area contributed by atoms with Gasteiger partial charge in [0.1, 0.15) is 5.01 Å². The van der Waals surface area contributed by atoms with Crippen LogP contribution >= 0.6 is 11.3 Å². The van der Waals surface area contributed by atoms with Gasteiger partial charge in [-0.1, -0.05) is 42.0 Å². The number of carbonyl (C=O) groups is 1. The number of anilines is 1. The van der Waals surface area contributed by atoms with Gasteiger partial charge in [0.2, 0.25) is 11.0 Å². The van der Waals surface area contributed by atoms with Gasteiger partial charge in [0.25, 0.3) is 0 Å². The molecule has 2 aromatic rings. The fraction of sp³-hybridized carbons (Fsp3) is 0.357. The van der Waals surface area contributed by atoms with E-state index in [1.54, 1.807) is 11.8 Å². The Labute approximate surface area is 117 Å². The summed E-state index contributed by atoms with van der Waals surface area (Å²) < 4.78 is 0. The molecule has 1 heterocycles. The number of carbonyl (C=O) groups excluding carboxylic acids is 1. The molecule has 4 nitrogen and oxygen atoms in total. The summed E-state index contributed by atoms with van der Waals surface area (Å²) in [5.74, 6) is 0.00814. The Morgan fingerprint density at radius 3 is 2.79 bits per heavy atom. The van der Waals surface area contributed by atoms with Crippen LogP contribution in [0.1, 0.15) is 25.8 Å². The molecule has 5 heteroatoms. The number of benzene rings is 1. The molecule has 0 N–H and O–H groups in total. The normalized spacial score (nSPS) is 10.5. The lowest BCUT2D eigenvalue weighted by Gasteiger charge is -2.15. The maximum Gasteiger partial charge on any atom is 0.225 e. The van der Waals surface area contributed by atoms with Crippen LogP contribution in [-0.2, 0) is 4.79 Å². The van der Waals surface area contributed by atoms with Crippen LogP contribution < -0.4 is 4.90 Å². The van der Waals surface area contributed by atoms with E-state index in [1.807, 2.05) is 32.0 Å². The summed E-state index contributed by atoms with van der Waals surface area (Å²) in [6.07, 6.45) is 0.902. The van der Waals surface area contributed by atoms with Crippen molar-refractivity contribution in [2.24, 2.45) is 0 Å². The molecule has 0 atom stereocenters. The van der Waals surface area contributed by atoms with E-state index in [1.165, 1.54) is 16.9 Å². The smallest absolute Gasteiger partial charge is 0.225 e. The highest BCUT2D eigenvalue weighted by Gasteiger charge is 2.16. The number of aromatic nitrogens is 2. The van der Waals surface area contributed by atoms with E-state index in [9.17, 15) is 4.79 Å². The van der Waals surface area contributed by atoms with E-state index in [0.29, 0.717) is 11.7 Å². The fourth-order valence-electron chi connectivity index (χ4n) is 1.83. The molecule has 0 saturated heterocycles. The van der Waals surface area contributed by atoms with Crippen molar-refractivity contribution in [3.8, 4) is 10.6 Å². The molecule has 1 amide bonds. The van der Waals surface area contributed by atoms with Crippen molar-refractivity contribution in [3.63, 3.8) is 0 Å². The summed E-state index contributed by atoms with van der Waals surface area (Å²) in [7, 11) is 0. The molecule has 0 bridgehead atoms. The first kappa shape index (κ1) is 13.7. The van der Waals surface area contributed by atoms with Gasteiger partial charge in [0.15, 0.2) is 0 Å². The number of rotatable bonds is 4. The van der Waals surface area contributed by atoms with Crippen molar-refractivity contribution in [3.05, 3.63) is 29.8 Å². The summed E-state index contributed by atoms with van der Waals surface area (Å²) in [6.45, 7) is 6.32. The van der Waals surface area contributed by atoms with Crippen molar-refractivity contribution >= 4 is 22.4 Å². The van der Waals surface area contributed by atoms with Gasteiger partial charge in [0, 0.05) is 19.0 Å². The van der Waals surface area contributed by atoms with E-state index >= 15 is 0 Å².